The lowest BCUT2D eigenvalue weighted by Gasteiger charge is -2.38. The van der Waals surface area contributed by atoms with Gasteiger partial charge in [-0.1, -0.05) is 79.8 Å². The van der Waals surface area contributed by atoms with E-state index in [-0.39, 0.29) is 12.4 Å². The number of hydrogen-bond acceptors (Lipinski definition) is 9. The summed E-state index contributed by atoms with van der Waals surface area (Å²) in [5.41, 5.74) is 5.69. The predicted molar refractivity (Wildman–Crippen MR) is 232 cm³/mol. The van der Waals surface area contributed by atoms with Gasteiger partial charge in [0, 0.05) is 81.4 Å². The highest BCUT2D eigenvalue weighted by molar-refractivity contribution is 8.00. The Labute approximate surface area is 345 Å². The van der Waals surface area contributed by atoms with Gasteiger partial charge in [-0.25, -0.2) is 9.59 Å². The monoisotopic (exact) mass is 820 g/mol. The van der Waals surface area contributed by atoms with Crippen LogP contribution in [-0.2, 0) is 16.0 Å². The SMILES string of the molecule is CCN(CC)C(C)CN1c2ccccc2Sc2ccccc21.CSc1ccc2c(c1)C(N1CCN(C)CC1)Cc1ccccc1S2.Cl.O=C(O)C=CC(=O)O. The first-order valence-corrected chi connectivity index (χ1v) is 21.3. The van der Waals surface area contributed by atoms with Crippen molar-refractivity contribution in [2.24, 2.45) is 0 Å². The fraction of sp³-hybridized carbons (Fsp3) is 0.349. The largest absolute Gasteiger partial charge is 0.478 e. The Bertz CT molecular complexity index is 1840. The molecule has 0 radical (unpaired) electrons. The van der Waals surface area contributed by atoms with Gasteiger partial charge >= 0.3 is 11.9 Å². The number of carboxylic acids is 2. The topological polar surface area (TPSA) is 87.6 Å². The van der Waals surface area contributed by atoms with Crippen LogP contribution in [0.4, 0.5) is 11.4 Å². The van der Waals surface area contributed by atoms with Gasteiger partial charge in [0.2, 0.25) is 0 Å². The maximum Gasteiger partial charge on any atom is 0.328 e. The lowest BCUT2D eigenvalue weighted by Crippen LogP contribution is -2.46. The van der Waals surface area contributed by atoms with Crippen LogP contribution in [0.2, 0.25) is 0 Å². The molecule has 3 aliphatic rings. The summed E-state index contributed by atoms with van der Waals surface area (Å²) in [5, 5.41) is 15.6. The Morgan fingerprint density at radius 1 is 0.800 bits per heavy atom. The fourth-order valence-electron chi connectivity index (χ4n) is 7.02. The Kier molecular flexibility index (Phi) is 17.5. The number of nitrogens with zero attached hydrogens (tertiary/aromatic N) is 4. The van der Waals surface area contributed by atoms with Gasteiger partial charge in [-0.05, 0) is 99.4 Å². The molecule has 0 aromatic heterocycles. The van der Waals surface area contributed by atoms with Gasteiger partial charge < -0.3 is 20.0 Å². The number of rotatable bonds is 9. The van der Waals surface area contributed by atoms with E-state index in [2.05, 4.69) is 145 Å². The van der Waals surface area contributed by atoms with Crippen molar-refractivity contribution in [2.45, 2.75) is 63.8 Å². The molecular formula is C43H53ClN4O4S3. The average Bonchev–Trinajstić information content (AvgIpc) is 3.35. The van der Waals surface area contributed by atoms with Crippen molar-refractivity contribution in [2.75, 3.05) is 64.0 Å². The first-order chi connectivity index (χ1) is 26.1. The number of para-hydroxylation sites is 2. The molecular weight excluding hydrogens is 768 g/mol. The van der Waals surface area contributed by atoms with Crippen molar-refractivity contribution in [3.63, 3.8) is 0 Å². The lowest BCUT2D eigenvalue weighted by atomic mass is 9.96. The summed E-state index contributed by atoms with van der Waals surface area (Å²) in [6.07, 6.45) is 4.41. The second kappa shape index (κ2) is 21.8. The van der Waals surface area contributed by atoms with Crippen LogP contribution < -0.4 is 4.90 Å². The van der Waals surface area contributed by atoms with Crippen molar-refractivity contribution in [3.8, 4) is 0 Å². The molecule has 4 aromatic rings. The zero-order valence-electron chi connectivity index (χ0n) is 32.3. The average molecular weight is 822 g/mol. The number of hydrogen-bond donors (Lipinski definition) is 2. The van der Waals surface area contributed by atoms with E-state index < -0.39 is 11.9 Å². The lowest BCUT2D eigenvalue weighted by molar-refractivity contribution is -0.134. The van der Waals surface area contributed by atoms with Crippen LogP contribution in [0.5, 0.6) is 0 Å². The zero-order valence-corrected chi connectivity index (χ0v) is 35.5. The first kappa shape index (κ1) is 44.3. The number of carbonyl (C=O) groups is 2. The number of fused-ring (bicyclic) bond motifs is 4. The van der Waals surface area contributed by atoms with Crippen molar-refractivity contribution in [3.05, 3.63) is 114 Å². The summed E-state index contributed by atoms with van der Waals surface area (Å²) in [5.74, 6) is -2.51. The van der Waals surface area contributed by atoms with Crippen LogP contribution in [0.25, 0.3) is 0 Å². The normalized spacial score (nSPS) is 16.8. The molecule has 3 aliphatic heterocycles. The van der Waals surface area contributed by atoms with E-state index in [0.717, 1.165) is 39.1 Å². The number of thioether (sulfide) groups is 1. The molecule has 0 amide bonds. The van der Waals surface area contributed by atoms with Gasteiger partial charge in [0.15, 0.2) is 0 Å². The van der Waals surface area contributed by atoms with E-state index in [4.69, 9.17) is 10.2 Å². The summed E-state index contributed by atoms with van der Waals surface area (Å²) >= 11 is 5.67. The molecule has 12 heteroatoms. The highest BCUT2D eigenvalue weighted by Crippen LogP contribution is 2.48. The molecule has 2 N–H and O–H groups in total. The van der Waals surface area contributed by atoms with E-state index in [1.54, 1.807) is 0 Å². The molecule has 3 heterocycles. The number of halogens is 1. The Morgan fingerprint density at radius 2 is 1.33 bits per heavy atom. The molecule has 1 fully saturated rings. The number of aliphatic carboxylic acids is 2. The molecule has 1 saturated heterocycles. The van der Waals surface area contributed by atoms with E-state index in [9.17, 15) is 9.59 Å². The molecule has 55 heavy (non-hydrogen) atoms. The molecule has 0 saturated carbocycles. The van der Waals surface area contributed by atoms with Crippen LogP contribution in [0.15, 0.2) is 128 Å². The Hall–Kier alpha value is -3.42. The number of benzene rings is 4. The van der Waals surface area contributed by atoms with Crippen LogP contribution in [0, 0.1) is 0 Å². The number of anilines is 2. The smallest absolute Gasteiger partial charge is 0.328 e. The van der Waals surface area contributed by atoms with Gasteiger partial charge in [0.05, 0.1) is 11.4 Å². The molecule has 0 spiro atoms. The Morgan fingerprint density at radius 3 is 1.87 bits per heavy atom. The minimum Gasteiger partial charge on any atom is -0.478 e. The van der Waals surface area contributed by atoms with Gasteiger partial charge in [0.1, 0.15) is 0 Å². The zero-order chi connectivity index (χ0) is 38.6. The Balaban J connectivity index is 0.000000203. The molecule has 2 unspecified atom stereocenters. The van der Waals surface area contributed by atoms with Crippen LogP contribution >= 0.6 is 47.7 Å². The summed E-state index contributed by atoms with van der Waals surface area (Å²) in [7, 11) is 2.23. The standard InChI is InChI=1S/C20H24N2S2.C19H24N2S.C4H4O4.ClH/c1-21-9-11-22(12-10-21)18-13-15-5-3-4-6-19(15)24-20-8-7-16(23-2)14-17(18)20;1-4-20(5-2)15(3)14-21-16-10-6-8-12-18(16)22-19-13-9-7-11-17(19)21;5-3(6)1-2-4(7)8;/h3-8,14,18H,9-13H2,1-2H3;6-13,15H,4-5,14H2,1-3H3;1-2H,(H,5,6)(H,7,8);1H. The summed E-state index contributed by atoms with van der Waals surface area (Å²) < 4.78 is 0. The van der Waals surface area contributed by atoms with E-state index >= 15 is 0 Å². The minimum atomic E-state index is -1.26. The predicted octanol–water partition coefficient (Wildman–Crippen LogP) is 9.56. The summed E-state index contributed by atoms with van der Waals surface area (Å²) in [6, 6.07) is 34.5. The number of piperazine rings is 1. The maximum absolute atomic E-state index is 9.55. The first-order valence-electron chi connectivity index (χ1n) is 18.5. The quantitative estimate of drug-likeness (QED) is 0.125. The third-order valence-electron chi connectivity index (χ3n) is 9.94. The highest BCUT2D eigenvalue weighted by Gasteiger charge is 2.30. The van der Waals surface area contributed by atoms with Gasteiger partial charge in [0.25, 0.3) is 0 Å². The van der Waals surface area contributed by atoms with Crippen molar-refractivity contribution in [1.82, 2.24) is 14.7 Å². The van der Waals surface area contributed by atoms with Gasteiger partial charge in [-0.3, -0.25) is 9.80 Å². The molecule has 0 bridgehead atoms. The van der Waals surface area contributed by atoms with Crippen LogP contribution in [-0.4, -0.2) is 102 Å². The van der Waals surface area contributed by atoms with Crippen LogP contribution in [0.1, 0.15) is 37.9 Å². The second-order valence-electron chi connectivity index (χ2n) is 13.4. The number of likely N-dealkylation sites (N-methyl/N-ethyl adjacent to an activating group) is 2. The van der Waals surface area contributed by atoms with E-state index in [1.165, 1.54) is 60.1 Å². The third kappa shape index (κ3) is 12.0. The van der Waals surface area contributed by atoms with Crippen molar-refractivity contribution < 1.29 is 19.8 Å². The van der Waals surface area contributed by atoms with E-state index in [1.807, 2.05) is 35.3 Å². The van der Waals surface area contributed by atoms with Crippen LogP contribution in [0.3, 0.4) is 0 Å². The third-order valence-corrected chi connectivity index (χ3v) is 13.0. The maximum atomic E-state index is 9.55. The van der Waals surface area contributed by atoms with Gasteiger partial charge in [-0.2, -0.15) is 0 Å². The number of carboxylic acid groups (broad SMARTS) is 2. The van der Waals surface area contributed by atoms with E-state index in [0.29, 0.717) is 24.2 Å². The fourth-order valence-corrected chi connectivity index (χ4v) is 9.68. The molecule has 4 aromatic carbocycles. The van der Waals surface area contributed by atoms with Crippen molar-refractivity contribution >= 4 is 71.0 Å². The highest BCUT2D eigenvalue weighted by atomic mass is 35.5. The molecule has 0 aliphatic carbocycles. The summed E-state index contributed by atoms with van der Waals surface area (Å²) in [4.78, 5) is 36.2. The summed E-state index contributed by atoms with van der Waals surface area (Å²) in [6.45, 7) is 14.7. The molecule has 2 atom stereocenters. The molecule has 7 rings (SSSR count). The van der Waals surface area contributed by atoms with Crippen molar-refractivity contribution in [1.29, 1.82) is 0 Å². The molecule has 8 nitrogen and oxygen atoms in total. The molecule has 294 valence electrons. The second-order valence-corrected chi connectivity index (χ2v) is 16.4. The minimum absolute atomic E-state index is 0. The van der Waals surface area contributed by atoms with Gasteiger partial charge in [-0.15, -0.1) is 24.2 Å².